The molecule has 29 heavy (non-hydrogen) atoms. The first-order valence-electron chi connectivity index (χ1n) is 9.42. The SMILES string of the molecule is COc1ccccc1OCC(=O)N(Cc1cccc(Br)c1)[C@H](C)C(=O)NC(C)C. The van der Waals surface area contributed by atoms with Crippen LogP contribution in [0.4, 0.5) is 0 Å². The number of benzene rings is 2. The van der Waals surface area contributed by atoms with E-state index in [9.17, 15) is 9.59 Å². The van der Waals surface area contributed by atoms with Crippen LogP contribution in [0.15, 0.2) is 53.0 Å². The van der Waals surface area contributed by atoms with Crippen LogP contribution in [-0.2, 0) is 16.1 Å². The Labute approximate surface area is 180 Å². The van der Waals surface area contributed by atoms with Crippen LogP contribution >= 0.6 is 15.9 Å². The van der Waals surface area contributed by atoms with Crippen molar-refractivity contribution in [2.45, 2.75) is 39.4 Å². The van der Waals surface area contributed by atoms with E-state index in [-0.39, 0.29) is 24.5 Å². The van der Waals surface area contributed by atoms with Crippen molar-refractivity contribution in [3.63, 3.8) is 0 Å². The van der Waals surface area contributed by atoms with Gasteiger partial charge in [0.25, 0.3) is 5.91 Å². The summed E-state index contributed by atoms with van der Waals surface area (Å²) in [5, 5.41) is 2.86. The highest BCUT2D eigenvalue weighted by atomic mass is 79.9. The smallest absolute Gasteiger partial charge is 0.261 e. The number of methoxy groups -OCH3 is 1. The summed E-state index contributed by atoms with van der Waals surface area (Å²) in [5.41, 5.74) is 0.911. The fourth-order valence-corrected chi connectivity index (χ4v) is 3.23. The monoisotopic (exact) mass is 462 g/mol. The number of carbonyl (C=O) groups is 2. The summed E-state index contributed by atoms with van der Waals surface area (Å²) in [6, 6.07) is 14.1. The van der Waals surface area contributed by atoms with Crippen molar-refractivity contribution in [2.75, 3.05) is 13.7 Å². The van der Waals surface area contributed by atoms with Crippen molar-refractivity contribution >= 4 is 27.7 Å². The van der Waals surface area contributed by atoms with E-state index >= 15 is 0 Å². The van der Waals surface area contributed by atoms with Crippen molar-refractivity contribution in [3.8, 4) is 11.5 Å². The van der Waals surface area contributed by atoms with Crippen molar-refractivity contribution in [3.05, 3.63) is 58.6 Å². The second kappa shape index (κ2) is 10.9. The summed E-state index contributed by atoms with van der Waals surface area (Å²) in [4.78, 5) is 27.1. The van der Waals surface area contributed by atoms with Gasteiger partial charge in [-0.25, -0.2) is 0 Å². The third kappa shape index (κ3) is 6.78. The second-order valence-corrected chi connectivity index (χ2v) is 7.85. The predicted molar refractivity (Wildman–Crippen MR) is 116 cm³/mol. The van der Waals surface area contributed by atoms with Gasteiger partial charge in [0.05, 0.1) is 7.11 Å². The second-order valence-electron chi connectivity index (χ2n) is 6.93. The topological polar surface area (TPSA) is 67.9 Å². The zero-order valence-corrected chi connectivity index (χ0v) is 18.7. The van der Waals surface area contributed by atoms with Gasteiger partial charge in [-0.1, -0.05) is 40.2 Å². The first kappa shape index (κ1) is 22.7. The number of nitrogens with zero attached hydrogens (tertiary/aromatic N) is 1. The summed E-state index contributed by atoms with van der Waals surface area (Å²) in [7, 11) is 1.54. The molecule has 0 spiro atoms. The molecular weight excluding hydrogens is 436 g/mol. The molecule has 0 fully saturated rings. The van der Waals surface area contributed by atoms with Gasteiger partial charge in [-0.3, -0.25) is 9.59 Å². The highest BCUT2D eigenvalue weighted by molar-refractivity contribution is 9.10. The number of rotatable bonds is 9. The molecule has 0 aliphatic heterocycles. The minimum atomic E-state index is -0.648. The molecule has 1 N–H and O–H groups in total. The maximum atomic E-state index is 13.0. The largest absolute Gasteiger partial charge is 0.493 e. The lowest BCUT2D eigenvalue weighted by molar-refractivity contribution is -0.142. The van der Waals surface area contributed by atoms with Gasteiger partial charge in [-0.05, 0) is 50.6 Å². The van der Waals surface area contributed by atoms with E-state index < -0.39 is 6.04 Å². The number of amides is 2. The Morgan fingerprint density at radius 1 is 1.07 bits per heavy atom. The minimum Gasteiger partial charge on any atom is -0.493 e. The highest BCUT2D eigenvalue weighted by Gasteiger charge is 2.27. The van der Waals surface area contributed by atoms with Gasteiger partial charge >= 0.3 is 0 Å². The van der Waals surface area contributed by atoms with Gasteiger partial charge < -0.3 is 19.7 Å². The van der Waals surface area contributed by atoms with Crippen LogP contribution in [0.2, 0.25) is 0 Å². The fourth-order valence-electron chi connectivity index (χ4n) is 2.78. The third-order valence-electron chi connectivity index (χ3n) is 4.26. The van der Waals surface area contributed by atoms with Crippen LogP contribution < -0.4 is 14.8 Å². The first-order valence-corrected chi connectivity index (χ1v) is 10.2. The average Bonchev–Trinajstić information content (AvgIpc) is 2.69. The molecule has 0 aliphatic carbocycles. The standard InChI is InChI=1S/C22H27BrN2O4/c1-15(2)24-22(27)16(3)25(13-17-8-7-9-18(23)12-17)21(26)14-29-20-11-6-5-10-19(20)28-4/h5-12,15-16H,13-14H2,1-4H3,(H,24,27)/t16-/m1/s1. The van der Waals surface area contributed by atoms with E-state index in [1.54, 1.807) is 32.2 Å². The number of ether oxygens (including phenoxy) is 2. The molecule has 0 aromatic heterocycles. The zero-order valence-electron chi connectivity index (χ0n) is 17.1. The van der Waals surface area contributed by atoms with Gasteiger partial charge in [0.1, 0.15) is 6.04 Å². The molecule has 0 saturated carbocycles. The van der Waals surface area contributed by atoms with Gasteiger partial charge in [0.2, 0.25) is 5.91 Å². The molecule has 2 rings (SSSR count). The van der Waals surface area contributed by atoms with Crippen LogP contribution in [0.25, 0.3) is 0 Å². The van der Waals surface area contributed by atoms with Crippen LogP contribution in [0, 0.1) is 0 Å². The van der Waals surface area contributed by atoms with E-state index in [1.807, 2.05) is 44.2 Å². The quantitative estimate of drug-likeness (QED) is 0.615. The predicted octanol–water partition coefficient (Wildman–Crippen LogP) is 3.78. The van der Waals surface area contributed by atoms with E-state index in [1.165, 1.54) is 4.90 Å². The van der Waals surface area contributed by atoms with Crippen molar-refractivity contribution in [1.82, 2.24) is 10.2 Å². The average molecular weight is 463 g/mol. The molecular formula is C22H27BrN2O4. The lowest BCUT2D eigenvalue weighted by atomic mass is 10.1. The van der Waals surface area contributed by atoms with E-state index in [2.05, 4.69) is 21.2 Å². The van der Waals surface area contributed by atoms with E-state index in [0.29, 0.717) is 18.0 Å². The minimum absolute atomic E-state index is 0.0161. The van der Waals surface area contributed by atoms with Gasteiger partial charge in [0.15, 0.2) is 18.1 Å². The Kier molecular flexibility index (Phi) is 8.51. The lowest BCUT2D eigenvalue weighted by Gasteiger charge is -2.29. The summed E-state index contributed by atoms with van der Waals surface area (Å²) in [5.74, 6) is 0.525. The van der Waals surface area contributed by atoms with Gasteiger partial charge in [-0.15, -0.1) is 0 Å². The van der Waals surface area contributed by atoms with Crippen molar-refractivity contribution in [2.24, 2.45) is 0 Å². The van der Waals surface area contributed by atoms with Crippen molar-refractivity contribution < 1.29 is 19.1 Å². The van der Waals surface area contributed by atoms with Crippen LogP contribution in [-0.4, -0.2) is 42.5 Å². The molecule has 2 aromatic rings. The maximum absolute atomic E-state index is 13.0. The third-order valence-corrected chi connectivity index (χ3v) is 4.75. The van der Waals surface area contributed by atoms with Crippen LogP contribution in [0.5, 0.6) is 11.5 Å². The zero-order chi connectivity index (χ0) is 21.4. The molecule has 0 radical (unpaired) electrons. The number of carbonyl (C=O) groups excluding carboxylic acids is 2. The Morgan fingerprint density at radius 2 is 1.76 bits per heavy atom. The van der Waals surface area contributed by atoms with Crippen molar-refractivity contribution in [1.29, 1.82) is 0 Å². The summed E-state index contributed by atoms with van der Waals surface area (Å²) >= 11 is 3.44. The molecule has 156 valence electrons. The van der Waals surface area contributed by atoms with E-state index in [0.717, 1.165) is 10.0 Å². The Bertz CT molecular complexity index is 841. The fraction of sp³-hybridized carbons (Fsp3) is 0.364. The molecule has 7 heteroatoms. The molecule has 1 atom stereocenters. The van der Waals surface area contributed by atoms with E-state index in [4.69, 9.17) is 9.47 Å². The number of hydrogen-bond donors (Lipinski definition) is 1. The van der Waals surface area contributed by atoms with Gasteiger partial charge in [-0.2, -0.15) is 0 Å². The molecule has 0 saturated heterocycles. The van der Waals surface area contributed by atoms with Crippen LogP contribution in [0.3, 0.4) is 0 Å². The molecule has 0 aliphatic rings. The number of nitrogens with one attached hydrogen (secondary N) is 1. The summed E-state index contributed by atoms with van der Waals surface area (Å²) < 4.78 is 11.9. The Balaban J connectivity index is 2.18. The number of halogens is 1. The number of hydrogen-bond acceptors (Lipinski definition) is 4. The molecule has 0 unspecified atom stereocenters. The molecule has 6 nitrogen and oxygen atoms in total. The Morgan fingerprint density at radius 3 is 2.38 bits per heavy atom. The molecule has 0 heterocycles. The van der Waals surface area contributed by atoms with Gasteiger partial charge in [0, 0.05) is 17.1 Å². The maximum Gasteiger partial charge on any atom is 0.261 e. The van der Waals surface area contributed by atoms with Crippen LogP contribution in [0.1, 0.15) is 26.3 Å². The summed E-state index contributed by atoms with van der Waals surface area (Å²) in [6.07, 6.45) is 0. The first-order chi connectivity index (χ1) is 13.8. The summed E-state index contributed by atoms with van der Waals surface area (Å²) in [6.45, 7) is 5.58. The molecule has 0 bridgehead atoms. The lowest BCUT2D eigenvalue weighted by Crippen LogP contribution is -2.50. The molecule has 2 aromatic carbocycles. The Hall–Kier alpha value is -2.54. The highest BCUT2D eigenvalue weighted by Crippen LogP contribution is 2.26. The number of para-hydroxylation sites is 2. The normalized spacial score (nSPS) is 11.7. The molecule has 2 amide bonds.